The number of halogens is 1. The second-order valence-electron chi connectivity index (χ2n) is 5.36. The molecule has 130 valence electrons. The van der Waals surface area contributed by atoms with Crippen LogP contribution in [0.15, 0.2) is 42.5 Å². The molecule has 1 aromatic heterocycles. The molecular formula is C19H19ClN2O3. The third-order valence-corrected chi connectivity index (χ3v) is 4.13. The molecule has 25 heavy (non-hydrogen) atoms. The predicted octanol–water partition coefficient (Wildman–Crippen LogP) is 4.53. The van der Waals surface area contributed by atoms with Crippen LogP contribution in [0.4, 0.5) is 5.82 Å². The summed E-state index contributed by atoms with van der Waals surface area (Å²) < 4.78 is 16.3. The fourth-order valence-electron chi connectivity index (χ4n) is 2.78. The van der Waals surface area contributed by atoms with Crippen molar-refractivity contribution in [1.29, 1.82) is 0 Å². The minimum Gasteiger partial charge on any atom is -0.493 e. The van der Waals surface area contributed by atoms with Crippen molar-refractivity contribution in [2.45, 2.75) is 6.54 Å². The van der Waals surface area contributed by atoms with E-state index in [2.05, 4.69) is 10.3 Å². The minimum atomic E-state index is 0.445. The first-order chi connectivity index (χ1) is 12.2. The van der Waals surface area contributed by atoms with Crippen molar-refractivity contribution in [3.63, 3.8) is 0 Å². The van der Waals surface area contributed by atoms with Crippen molar-refractivity contribution in [3.8, 4) is 17.2 Å². The fourth-order valence-corrected chi connectivity index (χ4v) is 2.98. The smallest absolute Gasteiger partial charge is 0.203 e. The number of methoxy groups -OCH3 is 3. The van der Waals surface area contributed by atoms with E-state index < -0.39 is 0 Å². The summed E-state index contributed by atoms with van der Waals surface area (Å²) in [5, 5.41) is 5.82. The number of pyridine rings is 1. The second-order valence-corrected chi connectivity index (χ2v) is 5.75. The molecule has 0 bridgehead atoms. The van der Waals surface area contributed by atoms with Crippen molar-refractivity contribution in [3.05, 3.63) is 53.2 Å². The molecule has 6 heteroatoms. The molecule has 0 spiro atoms. The quantitative estimate of drug-likeness (QED) is 0.656. The zero-order chi connectivity index (χ0) is 17.8. The van der Waals surface area contributed by atoms with E-state index in [0.717, 1.165) is 22.2 Å². The van der Waals surface area contributed by atoms with E-state index in [-0.39, 0.29) is 0 Å². The van der Waals surface area contributed by atoms with E-state index in [4.69, 9.17) is 25.8 Å². The number of fused-ring (bicyclic) bond motifs is 1. The summed E-state index contributed by atoms with van der Waals surface area (Å²) >= 11 is 6.14. The Morgan fingerprint density at radius 2 is 1.72 bits per heavy atom. The number of aromatic nitrogens is 1. The van der Waals surface area contributed by atoms with Gasteiger partial charge in [0.2, 0.25) is 5.75 Å². The van der Waals surface area contributed by atoms with Gasteiger partial charge in [-0.05, 0) is 23.6 Å². The maximum atomic E-state index is 6.14. The Morgan fingerprint density at radius 1 is 0.960 bits per heavy atom. The number of hydrogen-bond donors (Lipinski definition) is 1. The fraction of sp³-hybridized carbons (Fsp3) is 0.211. The largest absolute Gasteiger partial charge is 0.493 e. The van der Waals surface area contributed by atoms with Gasteiger partial charge in [0, 0.05) is 17.5 Å². The minimum absolute atomic E-state index is 0.445. The Labute approximate surface area is 151 Å². The molecule has 0 aliphatic carbocycles. The Morgan fingerprint density at radius 3 is 2.44 bits per heavy atom. The zero-order valence-corrected chi connectivity index (χ0v) is 15.1. The predicted molar refractivity (Wildman–Crippen MR) is 100 cm³/mol. The van der Waals surface area contributed by atoms with Gasteiger partial charge in [-0.25, -0.2) is 4.98 Å². The van der Waals surface area contributed by atoms with Gasteiger partial charge in [0.05, 0.1) is 21.3 Å². The zero-order valence-electron chi connectivity index (χ0n) is 14.3. The van der Waals surface area contributed by atoms with Crippen LogP contribution in [-0.4, -0.2) is 26.3 Å². The summed E-state index contributed by atoms with van der Waals surface area (Å²) in [4.78, 5) is 4.41. The standard InChI is InChI=1S/C19H19ClN2O3/c1-23-15-9-8-13(17(24-2)18(15)25-3)11-21-19-14-7-5-4-6-12(14)10-16(20)22-19/h4-10H,11H2,1-3H3,(H,21,22). The Hall–Kier alpha value is -2.66. The topological polar surface area (TPSA) is 52.6 Å². The molecular weight excluding hydrogens is 340 g/mol. The van der Waals surface area contributed by atoms with E-state index in [1.807, 2.05) is 42.5 Å². The van der Waals surface area contributed by atoms with Gasteiger partial charge in [0.25, 0.3) is 0 Å². The van der Waals surface area contributed by atoms with Gasteiger partial charge in [0.1, 0.15) is 11.0 Å². The molecule has 3 rings (SSSR count). The number of rotatable bonds is 6. The lowest BCUT2D eigenvalue weighted by Gasteiger charge is -2.16. The van der Waals surface area contributed by atoms with Gasteiger partial charge in [-0.1, -0.05) is 35.9 Å². The highest BCUT2D eigenvalue weighted by molar-refractivity contribution is 6.30. The Balaban J connectivity index is 1.95. The van der Waals surface area contributed by atoms with E-state index in [0.29, 0.717) is 28.9 Å². The van der Waals surface area contributed by atoms with Gasteiger partial charge in [0.15, 0.2) is 11.5 Å². The third kappa shape index (κ3) is 3.42. The molecule has 1 N–H and O–H groups in total. The van der Waals surface area contributed by atoms with Crippen LogP contribution in [0.1, 0.15) is 5.56 Å². The van der Waals surface area contributed by atoms with E-state index in [1.165, 1.54) is 0 Å². The lowest BCUT2D eigenvalue weighted by Crippen LogP contribution is -2.05. The highest BCUT2D eigenvalue weighted by Gasteiger charge is 2.16. The average Bonchev–Trinajstić information content (AvgIpc) is 2.64. The third-order valence-electron chi connectivity index (χ3n) is 3.94. The molecule has 0 atom stereocenters. The summed E-state index contributed by atoms with van der Waals surface area (Å²) in [6.45, 7) is 0.501. The van der Waals surface area contributed by atoms with Crippen molar-refractivity contribution < 1.29 is 14.2 Å². The molecule has 0 fully saturated rings. The summed E-state index contributed by atoms with van der Waals surface area (Å²) in [7, 11) is 4.79. The van der Waals surface area contributed by atoms with Crippen LogP contribution in [-0.2, 0) is 6.54 Å². The lowest BCUT2D eigenvalue weighted by atomic mass is 10.1. The Bertz CT molecular complexity index is 899. The van der Waals surface area contributed by atoms with Crippen LogP contribution < -0.4 is 19.5 Å². The van der Waals surface area contributed by atoms with Gasteiger partial charge >= 0.3 is 0 Å². The van der Waals surface area contributed by atoms with Crippen molar-refractivity contribution in [2.24, 2.45) is 0 Å². The lowest BCUT2D eigenvalue weighted by molar-refractivity contribution is 0.322. The van der Waals surface area contributed by atoms with Gasteiger partial charge < -0.3 is 19.5 Å². The van der Waals surface area contributed by atoms with Crippen LogP contribution >= 0.6 is 11.6 Å². The maximum absolute atomic E-state index is 6.14. The number of ether oxygens (including phenoxy) is 3. The molecule has 1 heterocycles. The summed E-state index contributed by atoms with van der Waals surface area (Å²) in [6, 6.07) is 13.6. The highest BCUT2D eigenvalue weighted by atomic mass is 35.5. The molecule has 0 saturated heterocycles. The van der Waals surface area contributed by atoms with E-state index in [1.54, 1.807) is 21.3 Å². The van der Waals surface area contributed by atoms with Gasteiger partial charge in [-0.2, -0.15) is 0 Å². The molecule has 2 aromatic carbocycles. The van der Waals surface area contributed by atoms with Crippen molar-refractivity contribution in [2.75, 3.05) is 26.6 Å². The second kappa shape index (κ2) is 7.49. The van der Waals surface area contributed by atoms with Crippen LogP contribution in [0.2, 0.25) is 5.15 Å². The highest BCUT2D eigenvalue weighted by Crippen LogP contribution is 2.40. The van der Waals surface area contributed by atoms with Crippen molar-refractivity contribution >= 4 is 28.2 Å². The van der Waals surface area contributed by atoms with Crippen LogP contribution in [0.3, 0.4) is 0 Å². The summed E-state index contributed by atoms with van der Waals surface area (Å²) in [5.41, 5.74) is 0.922. The molecule has 0 aliphatic rings. The van der Waals surface area contributed by atoms with Crippen LogP contribution in [0, 0.1) is 0 Å². The molecule has 3 aromatic rings. The normalized spacial score (nSPS) is 10.6. The molecule has 5 nitrogen and oxygen atoms in total. The number of anilines is 1. The molecule has 0 aliphatic heterocycles. The number of nitrogens with one attached hydrogen (secondary N) is 1. The first-order valence-electron chi connectivity index (χ1n) is 7.75. The van der Waals surface area contributed by atoms with Gasteiger partial charge in [-0.3, -0.25) is 0 Å². The Kier molecular flexibility index (Phi) is 5.14. The molecule has 0 amide bonds. The van der Waals surface area contributed by atoms with Gasteiger partial charge in [-0.15, -0.1) is 0 Å². The van der Waals surface area contributed by atoms with E-state index in [9.17, 15) is 0 Å². The first kappa shape index (κ1) is 17.2. The maximum Gasteiger partial charge on any atom is 0.203 e. The van der Waals surface area contributed by atoms with Crippen molar-refractivity contribution in [1.82, 2.24) is 4.98 Å². The average molecular weight is 359 g/mol. The summed E-state index contributed by atoms with van der Waals surface area (Å²) in [6.07, 6.45) is 0. The first-order valence-corrected chi connectivity index (χ1v) is 8.12. The number of nitrogens with zero attached hydrogens (tertiary/aromatic N) is 1. The number of hydrogen-bond acceptors (Lipinski definition) is 5. The van der Waals surface area contributed by atoms with E-state index >= 15 is 0 Å². The molecule has 0 saturated carbocycles. The van der Waals surface area contributed by atoms with Crippen LogP contribution in [0.5, 0.6) is 17.2 Å². The summed E-state index contributed by atoms with van der Waals surface area (Å²) in [5.74, 6) is 2.53. The molecule has 0 radical (unpaired) electrons. The monoisotopic (exact) mass is 358 g/mol. The molecule has 0 unspecified atom stereocenters. The SMILES string of the molecule is COc1ccc(CNc2nc(Cl)cc3ccccc23)c(OC)c1OC. The van der Waals surface area contributed by atoms with Crippen LogP contribution in [0.25, 0.3) is 10.8 Å². The number of benzene rings is 2.